The second-order valence-electron chi connectivity index (χ2n) is 6.55. The van der Waals surface area contributed by atoms with E-state index in [0.29, 0.717) is 6.42 Å². The summed E-state index contributed by atoms with van der Waals surface area (Å²) in [5.74, 6) is 1.12. The molecule has 1 aliphatic rings. The summed E-state index contributed by atoms with van der Waals surface area (Å²) in [6.45, 7) is 5.37. The lowest BCUT2D eigenvalue weighted by molar-refractivity contribution is -0.131. The maximum atomic E-state index is 12.5. The standard InChI is InChI=1S/C21H26N2O2/c1-17-6-8-18(9-7-17)10-11-21(24)23-14-12-22(13-15-23)19-4-3-5-20(16-19)25-2/h3-9,16H,10-15H2,1-2H3. The third-order valence-corrected chi connectivity index (χ3v) is 4.80. The Morgan fingerprint density at radius 1 is 1.04 bits per heavy atom. The van der Waals surface area contributed by atoms with Gasteiger partial charge in [0, 0.05) is 44.4 Å². The quantitative estimate of drug-likeness (QED) is 0.839. The Morgan fingerprint density at radius 3 is 2.44 bits per heavy atom. The second kappa shape index (κ2) is 8.06. The highest BCUT2D eigenvalue weighted by atomic mass is 16.5. The molecule has 0 aromatic heterocycles. The molecule has 4 heteroatoms. The zero-order valence-corrected chi connectivity index (χ0v) is 15.1. The predicted molar refractivity (Wildman–Crippen MR) is 101 cm³/mol. The second-order valence-corrected chi connectivity index (χ2v) is 6.55. The number of hydrogen-bond acceptors (Lipinski definition) is 3. The van der Waals surface area contributed by atoms with Crippen LogP contribution in [0.3, 0.4) is 0 Å². The number of methoxy groups -OCH3 is 1. The molecule has 1 fully saturated rings. The summed E-state index contributed by atoms with van der Waals surface area (Å²) in [5, 5.41) is 0. The minimum absolute atomic E-state index is 0.255. The number of benzene rings is 2. The summed E-state index contributed by atoms with van der Waals surface area (Å²) in [4.78, 5) is 16.8. The fourth-order valence-electron chi connectivity index (χ4n) is 3.19. The minimum Gasteiger partial charge on any atom is -0.497 e. The molecule has 0 N–H and O–H groups in total. The number of anilines is 1. The van der Waals surface area contributed by atoms with E-state index in [0.717, 1.165) is 44.0 Å². The topological polar surface area (TPSA) is 32.8 Å². The number of carbonyl (C=O) groups excluding carboxylic acids is 1. The summed E-state index contributed by atoms with van der Waals surface area (Å²) in [7, 11) is 1.68. The van der Waals surface area contributed by atoms with Crippen molar-refractivity contribution >= 4 is 11.6 Å². The van der Waals surface area contributed by atoms with Gasteiger partial charge in [-0.2, -0.15) is 0 Å². The van der Waals surface area contributed by atoms with Crippen molar-refractivity contribution in [3.05, 3.63) is 59.7 Å². The first kappa shape index (κ1) is 17.3. The molecule has 1 saturated heterocycles. The van der Waals surface area contributed by atoms with Crippen LogP contribution in [0.5, 0.6) is 5.75 Å². The molecule has 132 valence electrons. The number of nitrogens with zero attached hydrogens (tertiary/aromatic N) is 2. The van der Waals surface area contributed by atoms with Gasteiger partial charge in [0.1, 0.15) is 5.75 Å². The lowest BCUT2D eigenvalue weighted by Gasteiger charge is -2.36. The number of piperazine rings is 1. The van der Waals surface area contributed by atoms with Crippen LogP contribution < -0.4 is 9.64 Å². The van der Waals surface area contributed by atoms with E-state index in [1.54, 1.807) is 7.11 Å². The predicted octanol–water partition coefficient (Wildman–Crippen LogP) is 3.29. The van der Waals surface area contributed by atoms with Gasteiger partial charge in [-0.25, -0.2) is 0 Å². The molecule has 0 bridgehead atoms. The highest BCUT2D eigenvalue weighted by molar-refractivity contribution is 5.76. The van der Waals surface area contributed by atoms with Crippen LogP contribution in [0, 0.1) is 6.92 Å². The molecule has 1 amide bonds. The van der Waals surface area contributed by atoms with Crippen LogP contribution in [0.25, 0.3) is 0 Å². The Labute approximate surface area is 150 Å². The molecular formula is C21H26N2O2. The molecule has 1 heterocycles. The molecule has 1 aliphatic heterocycles. The molecule has 0 saturated carbocycles. The molecule has 2 aromatic carbocycles. The van der Waals surface area contributed by atoms with Gasteiger partial charge in [-0.05, 0) is 31.0 Å². The number of carbonyl (C=O) groups is 1. The van der Waals surface area contributed by atoms with E-state index >= 15 is 0 Å². The summed E-state index contributed by atoms with van der Waals surface area (Å²) in [6.07, 6.45) is 1.40. The van der Waals surface area contributed by atoms with Crippen molar-refractivity contribution in [2.24, 2.45) is 0 Å². The maximum Gasteiger partial charge on any atom is 0.223 e. The fraction of sp³-hybridized carbons (Fsp3) is 0.381. The molecule has 0 spiro atoms. The SMILES string of the molecule is COc1cccc(N2CCN(C(=O)CCc3ccc(C)cc3)CC2)c1. The Hall–Kier alpha value is -2.49. The van der Waals surface area contributed by atoms with E-state index in [1.165, 1.54) is 11.1 Å². The average Bonchev–Trinajstić information content (AvgIpc) is 2.67. The van der Waals surface area contributed by atoms with Crippen molar-refractivity contribution in [3.8, 4) is 5.75 Å². The Morgan fingerprint density at radius 2 is 1.76 bits per heavy atom. The Kier molecular flexibility index (Phi) is 5.59. The summed E-state index contributed by atoms with van der Waals surface area (Å²) in [6, 6.07) is 16.5. The van der Waals surface area contributed by atoms with Crippen molar-refractivity contribution in [1.82, 2.24) is 4.90 Å². The molecule has 0 atom stereocenters. The van der Waals surface area contributed by atoms with E-state index in [9.17, 15) is 4.79 Å². The van der Waals surface area contributed by atoms with Crippen LogP contribution in [0.4, 0.5) is 5.69 Å². The van der Waals surface area contributed by atoms with Gasteiger partial charge in [-0.1, -0.05) is 35.9 Å². The zero-order valence-electron chi connectivity index (χ0n) is 15.1. The summed E-state index contributed by atoms with van der Waals surface area (Å²) < 4.78 is 5.30. The Balaban J connectivity index is 1.49. The van der Waals surface area contributed by atoms with Crippen molar-refractivity contribution in [2.45, 2.75) is 19.8 Å². The molecule has 0 radical (unpaired) electrons. The van der Waals surface area contributed by atoms with Gasteiger partial charge < -0.3 is 14.5 Å². The van der Waals surface area contributed by atoms with E-state index in [2.05, 4.69) is 48.2 Å². The van der Waals surface area contributed by atoms with Crippen LogP contribution in [-0.2, 0) is 11.2 Å². The largest absolute Gasteiger partial charge is 0.497 e. The van der Waals surface area contributed by atoms with E-state index < -0.39 is 0 Å². The normalized spacial score (nSPS) is 14.5. The van der Waals surface area contributed by atoms with Gasteiger partial charge in [-0.3, -0.25) is 4.79 Å². The highest BCUT2D eigenvalue weighted by Gasteiger charge is 2.21. The van der Waals surface area contributed by atoms with Crippen LogP contribution >= 0.6 is 0 Å². The molecule has 3 rings (SSSR count). The summed E-state index contributed by atoms with van der Waals surface area (Å²) >= 11 is 0. The third-order valence-electron chi connectivity index (χ3n) is 4.80. The van der Waals surface area contributed by atoms with Crippen LogP contribution in [0.2, 0.25) is 0 Å². The van der Waals surface area contributed by atoms with Gasteiger partial charge in [-0.15, -0.1) is 0 Å². The van der Waals surface area contributed by atoms with Crippen LogP contribution in [0.1, 0.15) is 17.5 Å². The third kappa shape index (κ3) is 4.53. The molecular weight excluding hydrogens is 312 g/mol. The lowest BCUT2D eigenvalue weighted by Crippen LogP contribution is -2.48. The monoisotopic (exact) mass is 338 g/mol. The summed E-state index contributed by atoms with van der Waals surface area (Å²) in [5.41, 5.74) is 3.64. The number of amides is 1. The van der Waals surface area contributed by atoms with Crippen molar-refractivity contribution in [3.63, 3.8) is 0 Å². The van der Waals surface area contributed by atoms with Gasteiger partial charge in [0.05, 0.1) is 7.11 Å². The maximum absolute atomic E-state index is 12.5. The number of aryl methyl sites for hydroxylation is 2. The molecule has 25 heavy (non-hydrogen) atoms. The smallest absolute Gasteiger partial charge is 0.223 e. The van der Waals surface area contributed by atoms with Gasteiger partial charge in [0.25, 0.3) is 0 Å². The lowest BCUT2D eigenvalue weighted by atomic mass is 10.1. The van der Waals surface area contributed by atoms with Gasteiger partial charge in [0.15, 0.2) is 0 Å². The highest BCUT2D eigenvalue weighted by Crippen LogP contribution is 2.22. The first-order chi connectivity index (χ1) is 12.2. The molecule has 2 aromatic rings. The molecule has 0 unspecified atom stereocenters. The minimum atomic E-state index is 0.255. The van der Waals surface area contributed by atoms with Crippen molar-refractivity contribution in [2.75, 3.05) is 38.2 Å². The van der Waals surface area contributed by atoms with Crippen molar-refractivity contribution < 1.29 is 9.53 Å². The fourth-order valence-corrected chi connectivity index (χ4v) is 3.19. The number of ether oxygens (including phenoxy) is 1. The average molecular weight is 338 g/mol. The zero-order chi connectivity index (χ0) is 17.6. The first-order valence-corrected chi connectivity index (χ1v) is 8.88. The van der Waals surface area contributed by atoms with E-state index in [1.807, 2.05) is 17.0 Å². The number of rotatable bonds is 5. The van der Waals surface area contributed by atoms with E-state index in [-0.39, 0.29) is 5.91 Å². The first-order valence-electron chi connectivity index (χ1n) is 8.88. The van der Waals surface area contributed by atoms with Crippen LogP contribution in [-0.4, -0.2) is 44.1 Å². The Bertz CT molecular complexity index is 704. The molecule has 4 nitrogen and oxygen atoms in total. The van der Waals surface area contributed by atoms with Gasteiger partial charge >= 0.3 is 0 Å². The van der Waals surface area contributed by atoms with Crippen LogP contribution in [0.15, 0.2) is 48.5 Å². The van der Waals surface area contributed by atoms with Gasteiger partial charge in [0.2, 0.25) is 5.91 Å². The number of hydrogen-bond donors (Lipinski definition) is 0. The van der Waals surface area contributed by atoms with E-state index in [4.69, 9.17) is 4.74 Å². The van der Waals surface area contributed by atoms with Crippen molar-refractivity contribution in [1.29, 1.82) is 0 Å². The molecule has 0 aliphatic carbocycles.